The van der Waals surface area contributed by atoms with Crippen LogP contribution in [0.3, 0.4) is 0 Å². The Balaban J connectivity index is 1.80. The molecule has 3 heterocycles. The van der Waals surface area contributed by atoms with Gasteiger partial charge in [0.05, 0.1) is 0 Å². The smallest absolute Gasteiger partial charge is 0.0297 e. The van der Waals surface area contributed by atoms with Crippen LogP contribution in [0.15, 0.2) is 72.9 Å². The first-order valence-corrected chi connectivity index (χ1v) is 12.5. The number of hydrogen-bond donors (Lipinski definition) is 2. The molecular weight excluding hydrogens is 412 g/mol. The average Bonchev–Trinajstić information content (AvgIpc) is 3.50. The summed E-state index contributed by atoms with van der Waals surface area (Å²) in [5.41, 5.74) is 9.85. The molecule has 0 atom stereocenters. The third-order valence-corrected chi connectivity index (χ3v) is 8.72. The van der Waals surface area contributed by atoms with Crippen molar-refractivity contribution < 1.29 is 0 Å². The molecule has 0 saturated carbocycles. The molecule has 4 aromatic rings. The van der Waals surface area contributed by atoms with Gasteiger partial charge in [-0.1, -0.05) is 104 Å². The Morgan fingerprint density at radius 1 is 0.441 bits per heavy atom. The summed E-state index contributed by atoms with van der Waals surface area (Å²) in [6.45, 7) is 18.6. The number of benzene rings is 2. The van der Waals surface area contributed by atoms with Crippen LogP contribution in [0.4, 0.5) is 0 Å². The first kappa shape index (κ1) is 22.8. The minimum atomic E-state index is -0.137. The summed E-state index contributed by atoms with van der Waals surface area (Å²) >= 11 is 0. The van der Waals surface area contributed by atoms with Crippen molar-refractivity contribution in [3.8, 4) is 0 Å². The second-order valence-electron chi connectivity index (χ2n) is 12.2. The Morgan fingerprint density at radius 3 is 1.32 bits per heavy atom. The fourth-order valence-corrected chi connectivity index (χ4v) is 5.47. The summed E-state index contributed by atoms with van der Waals surface area (Å²) in [6, 6.07) is 25.2. The van der Waals surface area contributed by atoms with E-state index >= 15 is 0 Å². The fourth-order valence-electron chi connectivity index (χ4n) is 5.47. The van der Waals surface area contributed by atoms with Crippen LogP contribution in [0.2, 0.25) is 0 Å². The molecule has 0 aliphatic carbocycles. The largest absolute Gasteiger partial charge is 0.364 e. The van der Waals surface area contributed by atoms with E-state index in [0.717, 1.165) is 0 Å². The molecule has 0 radical (unpaired) electrons. The van der Waals surface area contributed by atoms with Gasteiger partial charge in [0.15, 0.2) is 0 Å². The molecule has 2 N–H and O–H groups in total. The molecule has 2 aromatic heterocycles. The first-order chi connectivity index (χ1) is 15.8. The summed E-state index contributed by atoms with van der Waals surface area (Å²) < 4.78 is 0. The van der Waals surface area contributed by atoms with Crippen LogP contribution >= 0.6 is 0 Å². The molecule has 1 aliphatic rings. The third-order valence-electron chi connectivity index (χ3n) is 8.72. The zero-order chi connectivity index (χ0) is 24.5. The summed E-state index contributed by atoms with van der Waals surface area (Å²) in [7, 11) is 0. The average molecular weight is 451 g/mol. The van der Waals surface area contributed by atoms with Crippen molar-refractivity contribution in [3.63, 3.8) is 0 Å². The lowest BCUT2D eigenvalue weighted by molar-refractivity contribution is 0.579. The van der Waals surface area contributed by atoms with Gasteiger partial charge in [-0.25, -0.2) is 0 Å². The summed E-state index contributed by atoms with van der Waals surface area (Å²) in [5, 5.41) is 0. The molecule has 8 bridgehead atoms. The molecule has 0 amide bonds. The topological polar surface area (TPSA) is 31.6 Å². The lowest BCUT2D eigenvalue weighted by atomic mass is 9.74. The molecule has 0 fully saturated rings. The van der Waals surface area contributed by atoms with E-state index in [2.05, 4.69) is 138 Å². The molecular formula is C32H38N2. The van der Waals surface area contributed by atoms with Gasteiger partial charge in [0, 0.05) is 44.9 Å². The van der Waals surface area contributed by atoms with Crippen LogP contribution in [0.5, 0.6) is 0 Å². The molecule has 0 unspecified atom stereocenters. The van der Waals surface area contributed by atoms with E-state index in [9.17, 15) is 0 Å². The quantitative estimate of drug-likeness (QED) is 0.272. The Morgan fingerprint density at radius 2 is 0.853 bits per heavy atom. The second kappa shape index (κ2) is 7.25. The van der Waals surface area contributed by atoms with Crippen LogP contribution in [0, 0.1) is 0 Å². The predicted octanol–water partition coefficient (Wildman–Crippen LogP) is 7.96. The lowest BCUT2D eigenvalue weighted by Crippen LogP contribution is -2.25. The van der Waals surface area contributed by atoms with Crippen LogP contribution in [0.1, 0.15) is 100 Å². The Kier molecular flexibility index (Phi) is 4.86. The lowest BCUT2D eigenvalue weighted by Gasteiger charge is -2.31. The standard InChI is InChI=1S/C32H38N2/c1-29(2)21-11-9-12-22(17-21)30(3,4)26-15-16-27(34-26)31(5,6)23-13-10-14-24(18-23)32(7,8)28-19-25(29)20-33-28/h9-20,33-34H,1-8H3. The Labute approximate surface area is 204 Å². The van der Waals surface area contributed by atoms with Gasteiger partial charge in [-0.05, 0) is 46.0 Å². The molecule has 1 aliphatic heterocycles. The van der Waals surface area contributed by atoms with Crippen LogP contribution in [-0.2, 0) is 21.7 Å². The zero-order valence-electron chi connectivity index (χ0n) is 21.9. The molecule has 5 rings (SSSR count). The summed E-state index contributed by atoms with van der Waals surface area (Å²) in [5.74, 6) is 0. The highest BCUT2D eigenvalue weighted by atomic mass is 14.8. The van der Waals surface area contributed by atoms with E-state index in [1.807, 2.05) is 0 Å². The van der Waals surface area contributed by atoms with E-state index in [1.54, 1.807) is 0 Å². The van der Waals surface area contributed by atoms with E-state index in [4.69, 9.17) is 0 Å². The normalized spacial score (nSPS) is 19.5. The van der Waals surface area contributed by atoms with Gasteiger partial charge >= 0.3 is 0 Å². The van der Waals surface area contributed by atoms with Crippen molar-refractivity contribution >= 4 is 0 Å². The molecule has 0 spiro atoms. The summed E-state index contributed by atoms with van der Waals surface area (Å²) in [6.07, 6.45) is 2.21. The monoisotopic (exact) mass is 450 g/mol. The van der Waals surface area contributed by atoms with Crippen molar-refractivity contribution in [2.75, 3.05) is 0 Å². The minimum Gasteiger partial charge on any atom is -0.364 e. The molecule has 176 valence electrons. The van der Waals surface area contributed by atoms with Crippen LogP contribution in [-0.4, -0.2) is 9.97 Å². The van der Waals surface area contributed by atoms with Gasteiger partial charge in [-0.15, -0.1) is 0 Å². The van der Waals surface area contributed by atoms with Gasteiger partial charge in [0.25, 0.3) is 0 Å². The summed E-state index contributed by atoms with van der Waals surface area (Å²) in [4.78, 5) is 7.47. The molecule has 2 nitrogen and oxygen atoms in total. The Bertz CT molecular complexity index is 1160. The SMILES string of the molecule is CC1(C)c2cccc(c2)C(C)(C)c2ccc([nH]2)C(C)(C)c2cccc(c2)C(C)(C)c2cc1c[nH]2. The zero-order valence-corrected chi connectivity index (χ0v) is 21.9. The highest BCUT2D eigenvalue weighted by molar-refractivity contribution is 5.48. The third kappa shape index (κ3) is 3.30. The van der Waals surface area contributed by atoms with E-state index in [-0.39, 0.29) is 21.7 Å². The molecule has 2 heteroatoms. The Hall–Kier alpha value is -3.00. The van der Waals surface area contributed by atoms with Crippen molar-refractivity contribution in [2.24, 2.45) is 0 Å². The van der Waals surface area contributed by atoms with Gasteiger partial charge in [-0.2, -0.15) is 0 Å². The highest BCUT2D eigenvalue weighted by Gasteiger charge is 2.34. The predicted molar refractivity (Wildman–Crippen MR) is 143 cm³/mol. The van der Waals surface area contributed by atoms with Crippen molar-refractivity contribution in [2.45, 2.75) is 77.0 Å². The van der Waals surface area contributed by atoms with E-state index in [0.29, 0.717) is 0 Å². The number of aromatic nitrogens is 2. The fraction of sp³-hybridized carbons (Fsp3) is 0.375. The molecule has 34 heavy (non-hydrogen) atoms. The number of rotatable bonds is 0. The number of H-pyrrole nitrogens is 2. The van der Waals surface area contributed by atoms with Crippen molar-refractivity contribution in [1.29, 1.82) is 0 Å². The number of fused-ring (bicyclic) bond motifs is 8. The second-order valence-corrected chi connectivity index (χ2v) is 12.2. The van der Waals surface area contributed by atoms with Gasteiger partial charge in [0.2, 0.25) is 0 Å². The minimum absolute atomic E-state index is 0.112. The van der Waals surface area contributed by atoms with Crippen molar-refractivity contribution in [1.82, 2.24) is 9.97 Å². The number of aromatic amines is 2. The number of nitrogens with one attached hydrogen (secondary N) is 2. The van der Waals surface area contributed by atoms with Gasteiger partial charge < -0.3 is 9.97 Å². The molecule has 0 saturated heterocycles. The van der Waals surface area contributed by atoms with Crippen LogP contribution in [0.25, 0.3) is 0 Å². The first-order valence-electron chi connectivity index (χ1n) is 12.5. The van der Waals surface area contributed by atoms with Gasteiger partial charge in [0.1, 0.15) is 0 Å². The maximum atomic E-state index is 3.83. The maximum absolute atomic E-state index is 3.83. The van der Waals surface area contributed by atoms with Crippen molar-refractivity contribution in [3.05, 3.63) is 118 Å². The highest BCUT2D eigenvalue weighted by Crippen LogP contribution is 2.41. The molecule has 2 aromatic carbocycles. The maximum Gasteiger partial charge on any atom is 0.0297 e. The van der Waals surface area contributed by atoms with E-state index in [1.165, 1.54) is 44.9 Å². The van der Waals surface area contributed by atoms with E-state index < -0.39 is 0 Å². The van der Waals surface area contributed by atoms with Gasteiger partial charge in [-0.3, -0.25) is 0 Å². The van der Waals surface area contributed by atoms with Crippen LogP contribution < -0.4 is 0 Å². The number of hydrogen-bond acceptors (Lipinski definition) is 0.